The van der Waals surface area contributed by atoms with Gasteiger partial charge in [0.1, 0.15) is 0 Å². The maximum atomic E-state index is 10.7. The minimum Gasteiger partial charge on any atom is -0.379 e. The van der Waals surface area contributed by atoms with E-state index in [1.54, 1.807) is 12.1 Å². The minimum absolute atomic E-state index is 0. The summed E-state index contributed by atoms with van der Waals surface area (Å²) < 4.78 is 5.35. The van der Waals surface area contributed by atoms with Crippen LogP contribution in [0.1, 0.15) is 18.9 Å². The number of benzene rings is 1. The van der Waals surface area contributed by atoms with Gasteiger partial charge in [0.2, 0.25) is 0 Å². The lowest BCUT2D eigenvalue weighted by Crippen LogP contribution is -2.44. The molecule has 0 spiro atoms. The molecule has 1 aromatic carbocycles. The van der Waals surface area contributed by atoms with Gasteiger partial charge >= 0.3 is 0 Å². The summed E-state index contributed by atoms with van der Waals surface area (Å²) in [6, 6.07) is 6.51. The van der Waals surface area contributed by atoms with Crippen LogP contribution in [0, 0.1) is 10.1 Å². The van der Waals surface area contributed by atoms with E-state index in [1.807, 2.05) is 0 Å². The third kappa shape index (κ3) is 8.28. The van der Waals surface area contributed by atoms with E-state index in [-0.39, 0.29) is 29.7 Å². The van der Waals surface area contributed by atoms with Gasteiger partial charge in [0.15, 0.2) is 5.96 Å². The lowest BCUT2D eigenvalue weighted by atomic mass is 10.2. The summed E-state index contributed by atoms with van der Waals surface area (Å²) >= 11 is 0. The zero-order chi connectivity index (χ0) is 17.9. The number of nitrogens with zero attached hydrogens (tertiary/aromatic N) is 3. The highest BCUT2D eigenvalue weighted by Crippen LogP contribution is 2.12. The first-order valence-electron chi connectivity index (χ1n) is 8.74. The van der Waals surface area contributed by atoms with E-state index in [0.717, 1.165) is 63.9 Å². The maximum Gasteiger partial charge on any atom is 0.269 e. The number of nitrogens with one attached hydrogen (secondary N) is 2. The van der Waals surface area contributed by atoms with Gasteiger partial charge in [-0.1, -0.05) is 19.1 Å². The Morgan fingerprint density at radius 2 is 1.88 bits per heavy atom. The SMILES string of the molecule is CCCNC(=NCc1ccc([N+](=O)[O-])cc1)NCCN1CCOCC1.I. The van der Waals surface area contributed by atoms with Crippen molar-refractivity contribution in [3.63, 3.8) is 0 Å². The van der Waals surface area contributed by atoms with Crippen LogP contribution in [0.4, 0.5) is 5.69 Å². The Balaban J connectivity index is 0.00000338. The van der Waals surface area contributed by atoms with Crippen molar-refractivity contribution in [1.29, 1.82) is 0 Å². The predicted molar refractivity (Wildman–Crippen MR) is 113 cm³/mol. The molecule has 2 rings (SSSR count). The lowest BCUT2D eigenvalue weighted by molar-refractivity contribution is -0.384. The summed E-state index contributed by atoms with van der Waals surface area (Å²) in [5, 5.41) is 17.3. The average Bonchev–Trinajstić information content (AvgIpc) is 2.64. The molecule has 1 aliphatic rings. The summed E-state index contributed by atoms with van der Waals surface area (Å²) in [4.78, 5) is 17.2. The lowest BCUT2D eigenvalue weighted by Gasteiger charge is -2.26. The highest BCUT2D eigenvalue weighted by Gasteiger charge is 2.09. The number of non-ortho nitro benzene ring substituents is 1. The van der Waals surface area contributed by atoms with Crippen molar-refractivity contribution in [3.8, 4) is 0 Å². The Morgan fingerprint density at radius 3 is 2.50 bits per heavy atom. The highest BCUT2D eigenvalue weighted by atomic mass is 127. The first-order chi connectivity index (χ1) is 12.2. The number of rotatable bonds is 8. The molecule has 0 unspecified atom stereocenters. The quantitative estimate of drug-likeness (QED) is 0.196. The van der Waals surface area contributed by atoms with Crippen molar-refractivity contribution < 1.29 is 9.66 Å². The van der Waals surface area contributed by atoms with E-state index in [1.165, 1.54) is 12.1 Å². The minimum atomic E-state index is -0.394. The van der Waals surface area contributed by atoms with E-state index in [4.69, 9.17) is 4.74 Å². The van der Waals surface area contributed by atoms with E-state index < -0.39 is 4.92 Å². The third-order valence-corrected chi connectivity index (χ3v) is 3.93. The second kappa shape index (κ2) is 12.8. The smallest absolute Gasteiger partial charge is 0.269 e. The van der Waals surface area contributed by atoms with Crippen LogP contribution in [0.2, 0.25) is 0 Å². The molecule has 0 aliphatic carbocycles. The van der Waals surface area contributed by atoms with Crippen LogP contribution in [-0.4, -0.2) is 61.7 Å². The van der Waals surface area contributed by atoms with Gasteiger partial charge in [-0.25, -0.2) is 4.99 Å². The molecule has 0 radical (unpaired) electrons. The topological polar surface area (TPSA) is 92.0 Å². The first kappa shape index (κ1) is 22.6. The largest absolute Gasteiger partial charge is 0.379 e. The molecular weight excluding hydrogens is 449 g/mol. The molecule has 8 nitrogen and oxygen atoms in total. The fourth-order valence-corrected chi connectivity index (χ4v) is 2.47. The number of aliphatic imine (C=N–C) groups is 1. The van der Waals surface area contributed by atoms with Gasteiger partial charge in [0.25, 0.3) is 5.69 Å². The second-order valence-corrected chi connectivity index (χ2v) is 5.90. The number of halogens is 1. The van der Waals surface area contributed by atoms with E-state index in [9.17, 15) is 10.1 Å². The zero-order valence-corrected chi connectivity index (χ0v) is 17.5. The number of guanidine groups is 1. The number of hydrogen-bond acceptors (Lipinski definition) is 5. The van der Waals surface area contributed by atoms with Crippen LogP contribution in [0.15, 0.2) is 29.3 Å². The molecule has 0 aromatic heterocycles. The molecule has 9 heteroatoms. The molecule has 0 amide bonds. The summed E-state index contributed by atoms with van der Waals surface area (Å²) in [6.07, 6.45) is 1.02. The Morgan fingerprint density at radius 1 is 1.23 bits per heavy atom. The molecule has 0 atom stereocenters. The van der Waals surface area contributed by atoms with Gasteiger partial charge in [-0.2, -0.15) is 0 Å². The molecule has 0 bridgehead atoms. The molecule has 1 fully saturated rings. The van der Waals surface area contributed by atoms with Crippen molar-refractivity contribution in [1.82, 2.24) is 15.5 Å². The summed E-state index contributed by atoms with van der Waals surface area (Å²) in [7, 11) is 0. The molecule has 1 saturated heterocycles. The monoisotopic (exact) mass is 477 g/mol. The number of ether oxygens (including phenoxy) is 1. The van der Waals surface area contributed by atoms with Crippen LogP contribution in [0.3, 0.4) is 0 Å². The number of nitro groups is 1. The Hall–Kier alpha value is -1.46. The van der Waals surface area contributed by atoms with Crippen molar-refractivity contribution >= 4 is 35.6 Å². The van der Waals surface area contributed by atoms with Gasteiger partial charge in [-0.05, 0) is 12.0 Å². The molecule has 1 aliphatic heterocycles. The van der Waals surface area contributed by atoms with Crippen molar-refractivity contribution in [3.05, 3.63) is 39.9 Å². The zero-order valence-electron chi connectivity index (χ0n) is 15.1. The first-order valence-corrected chi connectivity index (χ1v) is 8.74. The number of hydrogen-bond donors (Lipinski definition) is 2. The molecule has 2 N–H and O–H groups in total. The van der Waals surface area contributed by atoms with Crippen LogP contribution < -0.4 is 10.6 Å². The fourth-order valence-electron chi connectivity index (χ4n) is 2.47. The normalized spacial score (nSPS) is 15.2. The number of nitro benzene ring substituents is 1. The average molecular weight is 477 g/mol. The Bertz CT molecular complexity index is 562. The Labute approximate surface area is 171 Å². The fraction of sp³-hybridized carbons (Fsp3) is 0.588. The van der Waals surface area contributed by atoms with Gasteiger partial charge < -0.3 is 15.4 Å². The van der Waals surface area contributed by atoms with E-state index >= 15 is 0 Å². The van der Waals surface area contributed by atoms with Crippen LogP contribution in [-0.2, 0) is 11.3 Å². The van der Waals surface area contributed by atoms with E-state index in [0.29, 0.717) is 6.54 Å². The van der Waals surface area contributed by atoms with E-state index in [2.05, 4.69) is 27.4 Å². The van der Waals surface area contributed by atoms with Gasteiger partial charge in [-0.3, -0.25) is 15.0 Å². The summed E-state index contributed by atoms with van der Waals surface area (Å²) in [6.45, 7) is 8.75. The van der Waals surface area contributed by atoms with Gasteiger partial charge in [0.05, 0.1) is 24.7 Å². The van der Waals surface area contributed by atoms with Crippen LogP contribution >= 0.6 is 24.0 Å². The Kier molecular flexibility index (Phi) is 11.1. The third-order valence-electron chi connectivity index (χ3n) is 3.93. The number of morpholine rings is 1. The van der Waals surface area contributed by atoms with Gasteiger partial charge in [-0.15, -0.1) is 24.0 Å². The predicted octanol–water partition coefficient (Wildman–Crippen LogP) is 1.99. The summed E-state index contributed by atoms with van der Waals surface area (Å²) in [5.41, 5.74) is 1.04. The van der Waals surface area contributed by atoms with Crippen LogP contribution in [0.25, 0.3) is 0 Å². The van der Waals surface area contributed by atoms with Gasteiger partial charge in [0, 0.05) is 44.9 Å². The molecule has 1 aromatic rings. The molecule has 1 heterocycles. The molecular formula is C17H28IN5O3. The summed E-state index contributed by atoms with van der Waals surface area (Å²) in [5.74, 6) is 0.772. The second-order valence-electron chi connectivity index (χ2n) is 5.90. The van der Waals surface area contributed by atoms with Crippen LogP contribution in [0.5, 0.6) is 0 Å². The van der Waals surface area contributed by atoms with Crippen molar-refractivity contribution in [2.45, 2.75) is 19.9 Å². The maximum absolute atomic E-state index is 10.7. The van der Waals surface area contributed by atoms with Crippen molar-refractivity contribution in [2.24, 2.45) is 4.99 Å². The highest BCUT2D eigenvalue weighted by molar-refractivity contribution is 14.0. The molecule has 0 saturated carbocycles. The van der Waals surface area contributed by atoms with Crippen molar-refractivity contribution in [2.75, 3.05) is 45.9 Å². The molecule has 26 heavy (non-hydrogen) atoms. The molecule has 146 valence electrons. The standard InChI is InChI=1S/C17H27N5O3.HI/c1-2-7-18-17(19-8-9-21-10-12-25-13-11-21)20-14-15-3-5-16(6-4-15)22(23)24;/h3-6H,2,7-14H2,1H3,(H2,18,19,20);1H.